The summed E-state index contributed by atoms with van der Waals surface area (Å²) in [6.45, 7) is 2.81. The van der Waals surface area contributed by atoms with Gasteiger partial charge in [-0.1, -0.05) is 31.9 Å². The summed E-state index contributed by atoms with van der Waals surface area (Å²) in [5.41, 5.74) is 1.05. The zero-order chi connectivity index (χ0) is 18.2. The van der Waals surface area contributed by atoms with Crippen LogP contribution in [0.4, 0.5) is 0 Å². The van der Waals surface area contributed by atoms with Gasteiger partial charge in [0.25, 0.3) is 0 Å². The molecule has 134 valence electrons. The predicted molar refractivity (Wildman–Crippen MR) is 103 cm³/mol. The Morgan fingerprint density at radius 3 is 2.56 bits per heavy atom. The molecule has 1 aromatic carbocycles. The molecular weight excluding hydrogens is 476 g/mol. The molecule has 1 saturated heterocycles. The van der Waals surface area contributed by atoms with Crippen molar-refractivity contribution in [2.75, 3.05) is 20.3 Å². The Labute approximate surface area is 167 Å². The van der Waals surface area contributed by atoms with Crippen molar-refractivity contribution in [3.05, 3.63) is 38.0 Å². The van der Waals surface area contributed by atoms with E-state index in [2.05, 4.69) is 31.9 Å². The number of ether oxygens (including phenoxy) is 4. The van der Waals surface area contributed by atoms with Gasteiger partial charge in [-0.05, 0) is 37.5 Å². The number of halogens is 2. The van der Waals surface area contributed by atoms with Gasteiger partial charge in [0.1, 0.15) is 5.57 Å². The van der Waals surface area contributed by atoms with Gasteiger partial charge in [-0.2, -0.15) is 0 Å². The summed E-state index contributed by atoms with van der Waals surface area (Å²) in [4.78, 5) is 12.8. The molecule has 2 aliphatic rings. The fourth-order valence-corrected chi connectivity index (χ4v) is 4.94. The van der Waals surface area contributed by atoms with E-state index in [1.54, 1.807) is 0 Å². The lowest BCUT2D eigenvalue weighted by atomic mass is 9.91. The van der Waals surface area contributed by atoms with Crippen molar-refractivity contribution in [2.45, 2.75) is 25.4 Å². The molecule has 5 nitrogen and oxygen atoms in total. The van der Waals surface area contributed by atoms with E-state index in [-0.39, 0.29) is 11.8 Å². The lowest BCUT2D eigenvalue weighted by Crippen LogP contribution is -2.42. The maximum absolute atomic E-state index is 12.8. The third-order valence-corrected chi connectivity index (χ3v) is 5.63. The topological polar surface area (TPSA) is 54.0 Å². The van der Waals surface area contributed by atoms with Crippen LogP contribution in [-0.2, 0) is 23.7 Å². The lowest BCUT2D eigenvalue weighted by molar-refractivity contribution is -0.158. The van der Waals surface area contributed by atoms with Crippen molar-refractivity contribution in [1.82, 2.24) is 0 Å². The molecule has 1 fully saturated rings. The Bertz CT molecular complexity index is 745. The summed E-state index contributed by atoms with van der Waals surface area (Å²) in [6, 6.07) is 3.85. The van der Waals surface area contributed by atoms with Crippen LogP contribution in [0.5, 0.6) is 0 Å². The van der Waals surface area contributed by atoms with Gasteiger partial charge >= 0.3 is 11.2 Å². The highest BCUT2D eigenvalue weighted by molar-refractivity contribution is 9.11. The second-order valence-corrected chi connectivity index (χ2v) is 7.95. The second-order valence-electron chi connectivity index (χ2n) is 5.90. The molecule has 2 aliphatic heterocycles. The summed E-state index contributed by atoms with van der Waals surface area (Å²) in [6.07, 6.45) is 1.36. The molecular formula is C17H16Br2O5S. The number of esters is 1. The SMILES string of the molecule is COC(=S)OC1=C(c2c(Br)cc(C)cc2Br)C(=O)OC12CCCOC2. The zero-order valence-electron chi connectivity index (χ0n) is 13.7. The summed E-state index contributed by atoms with van der Waals surface area (Å²) in [5.74, 6) is -0.126. The van der Waals surface area contributed by atoms with Gasteiger partial charge in [-0.3, -0.25) is 0 Å². The summed E-state index contributed by atoms with van der Waals surface area (Å²) in [7, 11) is 1.42. The average Bonchev–Trinajstić information content (AvgIpc) is 2.79. The normalized spacial score (nSPS) is 23.0. The maximum atomic E-state index is 12.8. The molecule has 0 saturated carbocycles. The van der Waals surface area contributed by atoms with Crippen molar-refractivity contribution in [2.24, 2.45) is 0 Å². The molecule has 0 amide bonds. The first-order valence-corrected chi connectivity index (χ1v) is 9.65. The van der Waals surface area contributed by atoms with E-state index >= 15 is 0 Å². The van der Waals surface area contributed by atoms with Crippen LogP contribution in [0.3, 0.4) is 0 Å². The minimum Gasteiger partial charge on any atom is -0.460 e. The Kier molecular flexibility index (Phi) is 5.53. The number of carbonyl (C=O) groups excluding carboxylic acids is 1. The van der Waals surface area contributed by atoms with Gasteiger partial charge < -0.3 is 18.9 Å². The molecule has 0 aromatic heterocycles. The van der Waals surface area contributed by atoms with E-state index in [0.29, 0.717) is 29.9 Å². The van der Waals surface area contributed by atoms with E-state index in [4.69, 9.17) is 31.2 Å². The molecule has 2 heterocycles. The van der Waals surface area contributed by atoms with Crippen LogP contribution >= 0.6 is 44.1 Å². The summed E-state index contributed by atoms with van der Waals surface area (Å²) >= 11 is 12.1. The van der Waals surface area contributed by atoms with Crippen molar-refractivity contribution in [3.63, 3.8) is 0 Å². The molecule has 1 atom stereocenters. The van der Waals surface area contributed by atoms with Crippen LogP contribution in [0.15, 0.2) is 26.8 Å². The Morgan fingerprint density at radius 2 is 2.00 bits per heavy atom. The van der Waals surface area contributed by atoms with Crippen LogP contribution < -0.4 is 0 Å². The van der Waals surface area contributed by atoms with Crippen molar-refractivity contribution < 1.29 is 23.7 Å². The number of rotatable bonds is 2. The third kappa shape index (κ3) is 3.49. The highest BCUT2D eigenvalue weighted by Gasteiger charge is 2.52. The average molecular weight is 492 g/mol. The molecule has 1 unspecified atom stereocenters. The van der Waals surface area contributed by atoms with Gasteiger partial charge in [0, 0.05) is 33.3 Å². The largest absolute Gasteiger partial charge is 0.460 e. The third-order valence-electron chi connectivity index (χ3n) is 4.13. The van der Waals surface area contributed by atoms with E-state index in [1.807, 2.05) is 19.1 Å². The van der Waals surface area contributed by atoms with Crippen molar-refractivity contribution >= 4 is 60.9 Å². The van der Waals surface area contributed by atoms with E-state index in [1.165, 1.54) is 7.11 Å². The van der Waals surface area contributed by atoms with Crippen molar-refractivity contribution in [1.29, 1.82) is 0 Å². The first-order valence-electron chi connectivity index (χ1n) is 7.65. The monoisotopic (exact) mass is 490 g/mol. The Balaban J connectivity index is 2.20. The number of thiocarbonyl (C=S) groups is 1. The van der Waals surface area contributed by atoms with Gasteiger partial charge in [-0.25, -0.2) is 4.79 Å². The van der Waals surface area contributed by atoms with E-state index < -0.39 is 11.6 Å². The summed E-state index contributed by atoms with van der Waals surface area (Å²) < 4.78 is 23.6. The Hall–Kier alpha value is -0.960. The number of hydrogen-bond donors (Lipinski definition) is 0. The van der Waals surface area contributed by atoms with Crippen LogP contribution in [0, 0.1) is 6.92 Å². The first-order chi connectivity index (χ1) is 11.9. The van der Waals surface area contributed by atoms with E-state index in [0.717, 1.165) is 20.9 Å². The van der Waals surface area contributed by atoms with Crippen LogP contribution in [0.1, 0.15) is 24.0 Å². The molecule has 0 aliphatic carbocycles. The van der Waals surface area contributed by atoms with E-state index in [9.17, 15) is 4.79 Å². The molecule has 3 rings (SSSR count). The number of aryl methyl sites for hydroxylation is 1. The molecule has 25 heavy (non-hydrogen) atoms. The minimum atomic E-state index is -0.975. The highest BCUT2D eigenvalue weighted by Crippen LogP contribution is 2.46. The number of methoxy groups -OCH3 is 1. The number of carbonyl (C=O) groups is 1. The van der Waals surface area contributed by atoms with Crippen LogP contribution in [0.25, 0.3) is 5.57 Å². The molecule has 0 bridgehead atoms. The van der Waals surface area contributed by atoms with Crippen LogP contribution in [0.2, 0.25) is 0 Å². The van der Waals surface area contributed by atoms with Gasteiger partial charge in [0.05, 0.1) is 13.7 Å². The molecule has 8 heteroatoms. The minimum absolute atomic E-state index is 0.0740. The summed E-state index contributed by atoms with van der Waals surface area (Å²) in [5, 5.41) is -0.0740. The fourth-order valence-electron chi connectivity index (χ4n) is 3.05. The molecule has 0 N–H and O–H groups in total. The molecule has 1 spiro atoms. The number of benzene rings is 1. The highest BCUT2D eigenvalue weighted by atomic mass is 79.9. The van der Waals surface area contributed by atoms with Gasteiger partial charge in [0.15, 0.2) is 11.4 Å². The second kappa shape index (κ2) is 7.34. The zero-order valence-corrected chi connectivity index (χ0v) is 17.7. The smallest absolute Gasteiger partial charge is 0.357 e. The lowest BCUT2D eigenvalue weighted by Gasteiger charge is -2.33. The maximum Gasteiger partial charge on any atom is 0.357 e. The van der Waals surface area contributed by atoms with Gasteiger partial charge in [0.2, 0.25) is 0 Å². The quantitative estimate of drug-likeness (QED) is 0.454. The van der Waals surface area contributed by atoms with Crippen molar-refractivity contribution in [3.8, 4) is 0 Å². The molecule has 1 aromatic rings. The standard InChI is InChI=1S/C17H16Br2O5S/c1-9-6-10(18)12(11(19)7-9)13-14(23-16(25)21-2)17(24-15(13)20)4-3-5-22-8-17/h6-7H,3-5,8H2,1-2H3. The van der Waals surface area contributed by atoms with Gasteiger partial charge in [-0.15, -0.1) is 0 Å². The first kappa shape index (κ1) is 18.8. The number of hydrogen-bond acceptors (Lipinski definition) is 6. The predicted octanol–water partition coefficient (Wildman–Crippen LogP) is 4.29. The van der Waals surface area contributed by atoms with Crippen LogP contribution in [-0.4, -0.2) is 37.1 Å². The molecule has 0 radical (unpaired) electrons. The fraction of sp³-hybridized carbons (Fsp3) is 0.412. The Morgan fingerprint density at radius 1 is 1.32 bits per heavy atom.